The van der Waals surface area contributed by atoms with E-state index in [-0.39, 0.29) is 12.1 Å². The van der Waals surface area contributed by atoms with Crippen molar-refractivity contribution in [1.82, 2.24) is 15.1 Å². The van der Waals surface area contributed by atoms with Gasteiger partial charge in [0.15, 0.2) is 0 Å². The number of nitrogens with zero attached hydrogens (tertiary/aromatic N) is 2. The van der Waals surface area contributed by atoms with Crippen molar-refractivity contribution in [2.45, 2.75) is 13.0 Å². The van der Waals surface area contributed by atoms with E-state index in [4.69, 9.17) is 16.3 Å². The summed E-state index contributed by atoms with van der Waals surface area (Å²) in [5.74, 6) is 0.671. The maximum atomic E-state index is 11.7. The third-order valence-corrected chi connectivity index (χ3v) is 2.88. The molecular weight excluding hydrogens is 292 g/mol. The molecule has 0 radical (unpaired) electrons. The first-order chi connectivity index (χ1) is 10.0. The van der Waals surface area contributed by atoms with Gasteiger partial charge in [0.1, 0.15) is 11.9 Å². The number of anilines is 1. The summed E-state index contributed by atoms with van der Waals surface area (Å²) in [5, 5.41) is 9.99. The molecule has 0 aliphatic rings. The zero-order valence-corrected chi connectivity index (χ0v) is 12.6. The van der Waals surface area contributed by atoms with Crippen molar-refractivity contribution in [3.63, 3.8) is 0 Å². The van der Waals surface area contributed by atoms with E-state index >= 15 is 0 Å². The van der Waals surface area contributed by atoms with Gasteiger partial charge in [-0.25, -0.2) is 4.79 Å². The Hall–Kier alpha value is -2.21. The molecule has 2 N–H and O–H groups in total. The zero-order valence-electron chi connectivity index (χ0n) is 11.8. The van der Waals surface area contributed by atoms with Crippen LogP contribution in [0.5, 0.6) is 5.75 Å². The number of nitrogens with one attached hydrogen (secondary N) is 2. The normalized spacial score (nSPS) is 11.8. The van der Waals surface area contributed by atoms with Crippen molar-refractivity contribution in [2.75, 3.05) is 11.9 Å². The number of rotatable bonds is 5. The van der Waals surface area contributed by atoms with Crippen molar-refractivity contribution >= 4 is 23.3 Å². The van der Waals surface area contributed by atoms with Crippen LogP contribution in [0.1, 0.15) is 6.92 Å². The Balaban J connectivity index is 1.75. The first-order valence-electron chi connectivity index (χ1n) is 6.48. The molecule has 2 rings (SSSR count). The third kappa shape index (κ3) is 5.00. The fraction of sp³-hybridized carbons (Fsp3) is 0.286. The number of aryl methyl sites for hydroxylation is 1. The van der Waals surface area contributed by atoms with Crippen molar-refractivity contribution < 1.29 is 9.53 Å². The van der Waals surface area contributed by atoms with Gasteiger partial charge >= 0.3 is 6.03 Å². The van der Waals surface area contributed by atoms with Gasteiger partial charge in [0.2, 0.25) is 0 Å². The summed E-state index contributed by atoms with van der Waals surface area (Å²) < 4.78 is 7.27. The molecule has 0 unspecified atom stereocenters. The highest BCUT2D eigenvalue weighted by Gasteiger charge is 2.08. The van der Waals surface area contributed by atoms with E-state index in [2.05, 4.69) is 15.7 Å². The van der Waals surface area contributed by atoms with Crippen LogP contribution in [-0.4, -0.2) is 28.5 Å². The molecule has 112 valence electrons. The largest absolute Gasteiger partial charge is 0.489 e. The number of benzene rings is 1. The molecule has 0 fully saturated rings. The zero-order chi connectivity index (χ0) is 15.2. The number of halogens is 1. The summed E-state index contributed by atoms with van der Waals surface area (Å²) in [4.78, 5) is 11.7. The van der Waals surface area contributed by atoms with Crippen LogP contribution < -0.4 is 15.4 Å². The molecule has 0 aliphatic carbocycles. The molecule has 0 saturated carbocycles. The summed E-state index contributed by atoms with van der Waals surface area (Å²) in [7, 11) is 1.78. The number of ether oxygens (including phenoxy) is 1. The standard InChI is InChI=1S/C14H17ClN4O2/c1-10(21-13-5-3-4-11(15)6-13)7-16-14(20)18-12-8-17-19(2)9-12/h3-6,8-10H,7H2,1-2H3,(H2,16,18,20)/t10-/m0/s1. The monoisotopic (exact) mass is 308 g/mol. The highest BCUT2D eigenvalue weighted by atomic mass is 35.5. The smallest absolute Gasteiger partial charge is 0.319 e. The maximum Gasteiger partial charge on any atom is 0.319 e. The molecule has 1 aromatic heterocycles. The van der Waals surface area contributed by atoms with E-state index in [0.29, 0.717) is 23.0 Å². The van der Waals surface area contributed by atoms with E-state index < -0.39 is 0 Å². The molecule has 0 saturated heterocycles. The number of amides is 2. The summed E-state index contributed by atoms with van der Waals surface area (Å²) in [6.07, 6.45) is 3.11. The van der Waals surface area contributed by atoms with Gasteiger partial charge in [0.25, 0.3) is 0 Å². The van der Waals surface area contributed by atoms with Crippen molar-refractivity contribution in [2.24, 2.45) is 7.05 Å². The molecule has 0 bridgehead atoms. The molecular formula is C14H17ClN4O2. The summed E-state index contributed by atoms with van der Waals surface area (Å²) in [5.41, 5.74) is 0.637. The van der Waals surface area contributed by atoms with Crippen LogP contribution in [0.15, 0.2) is 36.7 Å². The Morgan fingerprint density at radius 1 is 1.52 bits per heavy atom. The molecule has 0 aliphatic heterocycles. The molecule has 2 aromatic rings. The maximum absolute atomic E-state index is 11.7. The number of aromatic nitrogens is 2. The Bertz CT molecular complexity index is 615. The fourth-order valence-electron chi connectivity index (χ4n) is 1.71. The van der Waals surface area contributed by atoms with Gasteiger partial charge in [-0.05, 0) is 25.1 Å². The van der Waals surface area contributed by atoms with Gasteiger partial charge in [0, 0.05) is 18.3 Å². The predicted octanol–water partition coefficient (Wildman–Crippen LogP) is 2.66. The Kier molecular flexibility index (Phi) is 5.05. The number of carbonyl (C=O) groups is 1. The molecule has 1 atom stereocenters. The summed E-state index contributed by atoms with van der Waals surface area (Å²) >= 11 is 5.88. The first kappa shape index (κ1) is 15.2. The van der Waals surface area contributed by atoms with Crippen LogP contribution in [-0.2, 0) is 7.05 Å². The van der Waals surface area contributed by atoms with Crippen LogP contribution >= 0.6 is 11.6 Å². The van der Waals surface area contributed by atoms with E-state index in [1.807, 2.05) is 19.1 Å². The number of hydrogen-bond acceptors (Lipinski definition) is 3. The van der Waals surface area contributed by atoms with Crippen molar-refractivity contribution in [3.05, 3.63) is 41.7 Å². The minimum atomic E-state index is -0.301. The number of hydrogen-bond donors (Lipinski definition) is 2. The lowest BCUT2D eigenvalue weighted by Gasteiger charge is -2.15. The second-order valence-electron chi connectivity index (χ2n) is 4.62. The lowest BCUT2D eigenvalue weighted by atomic mass is 10.3. The predicted molar refractivity (Wildman–Crippen MR) is 81.8 cm³/mol. The fourth-order valence-corrected chi connectivity index (χ4v) is 1.89. The average Bonchev–Trinajstić information content (AvgIpc) is 2.82. The Morgan fingerprint density at radius 2 is 2.33 bits per heavy atom. The highest BCUT2D eigenvalue weighted by molar-refractivity contribution is 6.30. The van der Waals surface area contributed by atoms with Gasteiger partial charge in [-0.15, -0.1) is 0 Å². The topological polar surface area (TPSA) is 68.2 Å². The van der Waals surface area contributed by atoms with E-state index in [0.717, 1.165) is 0 Å². The average molecular weight is 309 g/mol. The number of urea groups is 1. The number of carbonyl (C=O) groups excluding carboxylic acids is 1. The molecule has 1 heterocycles. The van der Waals surface area contributed by atoms with Gasteiger partial charge in [-0.3, -0.25) is 4.68 Å². The minimum absolute atomic E-state index is 0.178. The van der Waals surface area contributed by atoms with E-state index in [9.17, 15) is 4.79 Å². The Morgan fingerprint density at radius 3 is 3.00 bits per heavy atom. The van der Waals surface area contributed by atoms with E-state index in [1.54, 1.807) is 36.3 Å². The molecule has 1 aromatic carbocycles. The van der Waals surface area contributed by atoms with Gasteiger partial charge < -0.3 is 15.4 Å². The van der Waals surface area contributed by atoms with Crippen LogP contribution in [0.2, 0.25) is 5.02 Å². The van der Waals surface area contributed by atoms with Gasteiger partial charge in [-0.1, -0.05) is 17.7 Å². The molecule has 0 spiro atoms. The molecule has 6 nitrogen and oxygen atoms in total. The summed E-state index contributed by atoms with van der Waals surface area (Å²) in [6.45, 7) is 2.24. The third-order valence-electron chi connectivity index (χ3n) is 2.65. The van der Waals surface area contributed by atoms with Crippen molar-refractivity contribution in [1.29, 1.82) is 0 Å². The quantitative estimate of drug-likeness (QED) is 0.892. The van der Waals surface area contributed by atoms with Gasteiger partial charge in [-0.2, -0.15) is 5.10 Å². The highest BCUT2D eigenvalue weighted by Crippen LogP contribution is 2.18. The second-order valence-corrected chi connectivity index (χ2v) is 5.06. The molecule has 21 heavy (non-hydrogen) atoms. The lowest BCUT2D eigenvalue weighted by Crippen LogP contribution is -2.36. The van der Waals surface area contributed by atoms with Crippen LogP contribution in [0.3, 0.4) is 0 Å². The minimum Gasteiger partial charge on any atom is -0.489 e. The van der Waals surface area contributed by atoms with Crippen LogP contribution in [0, 0.1) is 0 Å². The summed E-state index contributed by atoms with van der Waals surface area (Å²) in [6, 6.07) is 6.84. The molecule has 2 amide bonds. The first-order valence-corrected chi connectivity index (χ1v) is 6.86. The van der Waals surface area contributed by atoms with Gasteiger partial charge in [0.05, 0.1) is 18.4 Å². The molecule has 7 heteroatoms. The lowest BCUT2D eigenvalue weighted by molar-refractivity contribution is 0.212. The second kappa shape index (κ2) is 6.99. The van der Waals surface area contributed by atoms with Crippen molar-refractivity contribution in [3.8, 4) is 5.75 Å². The van der Waals surface area contributed by atoms with Crippen LogP contribution in [0.4, 0.5) is 10.5 Å². The van der Waals surface area contributed by atoms with E-state index in [1.165, 1.54) is 0 Å². The van der Waals surface area contributed by atoms with Crippen LogP contribution in [0.25, 0.3) is 0 Å². The Labute approximate surface area is 128 Å². The SMILES string of the molecule is C[C@@H](CNC(=O)Nc1cnn(C)c1)Oc1cccc(Cl)c1.